The molecule has 1 aromatic heterocycles. The highest BCUT2D eigenvalue weighted by Crippen LogP contribution is 2.37. The maximum Gasteiger partial charge on any atom is 0.224 e. The lowest BCUT2D eigenvalue weighted by Gasteiger charge is -2.36. The average Bonchev–Trinajstić information content (AvgIpc) is 2.46. The third-order valence-electron chi connectivity index (χ3n) is 4.20. The van der Waals surface area contributed by atoms with Gasteiger partial charge >= 0.3 is 0 Å². The van der Waals surface area contributed by atoms with Crippen molar-refractivity contribution in [2.45, 2.75) is 19.9 Å². The van der Waals surface area contributed by atoms with E-state index in [2.05, 4.69) is 46.0 Å². The molecule has 3 N–H and O–H groups in total. The fraction of sp³-hybridized carbons (Fsp3) is 0.714. The summed E-state index contributed by atoms with van der Waals surface area (Å²) in [6.45, 7) is 8.85. The van der Waals surface area contributed by atoms with Gasteiger partial charge < -0.3 is 25.6 Å². The Labute approximate surface area is 125 Å². The SMILES string of the molecule is CC(C)[C@@H]1COc2c(nc(N)nc2N2CCN(C)CC2)N1. The summed E-state index contributed by atoms with van der Waals surface area (Å²) < 4.78 is 5.97. The quantitative estimate of drug-likeness (QED) is 0.828. The van der Waals surface area contributed by atoms with E-state index in [1.54, 1.807) is 0 Å². The van der Waals surface area contributed by atoms with Gasteiger partial charge in [0.1, 0.15) is 6.61 Å². The Balaban J connectivity index is 1.89. The van der Waals surface area contributed by atoms with Crippen LogP contribution in [0.2, 0.25) is 0 Å². The molecule has 0 aromatic carbocycles. The predicted molar refractivity (Wildman–Crippen MR) is 83.9 cm³/mol. The Bertz CT molecular complexity index is 512. The molecule has 3 rings (SSSR count). The summed E-state index contributed by atoms with van der Waals surface area (Å²) in [6, 6.07) is 0.257. The lowest BCUT2D eigenvalue weighted by molar-refractivity contribution is 0.253. The van der Waals surface area contributed by atoms with Gasteiger partial charge in [0.25, 0.3) is 0 Å². The number of piperazine rings is 1. The van der Waals surface area contributed by atoms with E-state index in [9.17, 15) is 0 Å². The van der Waals surface area contributed by atoms with E-state index in [1.807, 2.05) is 0 Å². The monoisotopic (exact) mass is 292 g/mol. The summed E-state index contributed by atoms with van der Waals surface area (Å²) in [4.78, 5) is 13.3. The molecule has 21 heavy (non-hydrogen) atoms. The molecule has 3 heterocycles. The highest BCUT2D eigenvalue weighted by atomic mass is 16.5. The molecular formula is C14H24N6O. The van der Waals surface area contributed by atoms with Gasteiger partial charge in [0.15, 0.2) is 11.6 Å². The molecular weight excluding hydrogens is 268 g/mol. The van der Waals surface area contributed by atoms with Crippen LogP contribution in [0.1, 0.15) is 13.8 Å². The predicted octanol–water partition coefficient (Wildman–Crippen LogP) is 0.640. The molecule has 2 aliphatic heterocycles. The highest BCUT2D eigenvalue weighted by molar-refractivity contribution is 5.68. The molecule has 1 aromatic rings. The molecule has 0 saturated carbocycles. The zero-order valence-corrected chi connectivity index (χ0v) is 13.0. The van der Waals surface area contributed by atoms with Crippen LogP contribution in [-0.4, -0.2) is 60.7 Å². The number of fused-ring (bicyclic) bond motifs is 1. The zero-order valence-electron chi connectivity index (χ0n) is 13.0. The number of anilines is 3. The molecule has 0 spiro atoms. The van der Waals surface area contributed by atoms with Gasteiger partial charge in [0, 0.05) is 26.2 Å². The van der Waals surface area contributed by atoms with Crippen LogP contribution < -0.4 is 20.7 Å². The Kier molecular flexibility index (Phi) is 3.75. The van der Waals surface area contributed by atoms with E-state index in [-0.39, 0.29) is 6.04 Å². The number of aromatic nitrogens is 2. The van der Waals surface area contributed by atoms with E-state index in [0.717, 1.165) is 43.6 Å². The third kappa shape index (κ3) is 2.83. The molecule has 1 saturated heterocycles. The molecule has 116 valence electrons. The van der Waals surface area contributed by atoms with Crippen LogP contribution in [0, 0.1) is 5.92 Å². The molecule has 0 bridgehead atoms. The van der Waals surface area contributed by atoms with Crippen LogP contribution in [0.15, 0.2) is 0 Å². The highest BCUT2D eigenvalue weighted by Gasteiger charge is 2.29. The second-order valence-corrected chi connectivity index (χ2v) is 6.18. The molecule has 1 atom stereocenters. The molecule has 7 nitrogen and oxygen atoms in total. The topological polar surface area (TPSA) is 79.5 Å². The van der Waals surface area contributed by atoms with Crippen molar-refractivity contribution in [3.8, 4) is 5.75 Å². The minimum absolute atomic E-state index is 0.257. The molecule has 0 radical (unpaired) electrons. The Hall–Kier alpha value is -1.76. The van der Waals surface area contributed by atoms with Crippen molar-refractivity contribution in [1.82, 2.24) is 14.9 Å². The summed E-state index contributed by atoms with van der Waals surface area (Å²) in [5, 5.41) is 3.43. The first-order valence-corrected chi connectivity index (χ1v) is 7.55. The van der Waals surface area contributed by atoms with Crippen LogP contribution >= 0.6 is 0 Å². The Morgan fingerprint density at radius 1 is 1.24 bits per heavy atom. The molecule has 0 amide bonds. The summed E-state index contributed by atoms with van der Waals surface area (Å²) >= 11 is 0. The number of hydrogen-bond donors (Lipinski definition) is 2. The number of nitrogens with zero attached hydrogens (tertiary/aromatic N) is 4. The zero-order chi connectivity index (χ0) is 15.0. The first-order valence-electron chi connectivity index (χ1n) is 7.55. The van der Waals surface area contributed by atoms with Crippen LogP contribution in [0.5, 0.6) is 5.75 Å². The van der Waals surface area contributed by atoms with E-state index < -0.39 is 0 Å². The molecule has 1 fully saturated rings. The van der Waals surface area contributed by atoms with Gasteiger partial charge in [-0.2, -0.15) is 9.97 Å². The van der Waals surface area contributed by atoms with Gasteiger partial charge in [0.2, 0.25) is 11.7 Å². The lowest BCUT2D eigenvalue weighted by Crippen LogP contribution is -2.45. The minimum Gasteiger partial charge on any atom is -0.484 e. The van der Waals surface area contributed by atoms with Crippen LogP contribution in [0.4, 0.5) is 17.6 Å². The van der Waals surface area contributed by atoms with Gasteiger partial charge in [-0.25, -0.2) is 0 Å². The second kappa shape index (κ2) is 5.55. The van der Waals surface area contributed by atoms with Crippen LogP contribution in [0.25, 0.3) is 0 Å². The van der Waals surface area contributed by atoms with Crippen molar-refractivity contribution >= 4 is 17.6 Å². The van der Waals surface area contributed by atoms with Crippen LogP contribution in [-0.2, 0) is 0 Å². The van der Waals surface area contributed by atoms with E-state index in [1.165, 1.54) is 0 Å². The number of nitrogens with two attached hydrogens (primary N) is 1. The summed E-state index contributed by atoms with van der Waals surface area (Å²) in [6.07, 6.45) is 0. The Morgan fingerprint density at radius 2 is 1.95 bits per heavy atom. The number of nitrogen functional groups attached to an aromatic ring is 1. The van der Waals surface area contributed by atoms with E-state index >= 15 is 0 Å². The van der Waals surface area contributed by atoms with Gasteiger partial charge in [-0.15, -0.1) is 0 Å². The number of nitrogens with one attached hydrogen (secondary N) is 1. The standard InChI is InChI=1S/C14H24N6O/c1-9(2)10-8-21-11-12(16-10)17-14(15)18-13(11)20-6-4-19(3)5-7-20/h9-10H,4-8H2,1-3H3,(H3,15,16,17,18)/t10-/m0/s1. The van der Waals surface area contributed by atoms with E-state index in [0.29, 0.717) is 18.5 Å². The van der Waals surface area contributed by atoms with Crippen molar-refractivity contribution in [3.63, 3.8) is 0 Å². The lowest BCUT2D eigenvalue weighted by atomic mass is 10.0. The average molecular weight is 292 g/mol. The maximum absolute atomic E-state index is 5.97. The Morgan fingerprint density at radius 3 is 2.62 bits per heavy atom. The van der Waals surface area contributed by atoms with Crippen molar-refractivity contribution < 1.29 is 4.74 Å². The largest absolute Gasteiger partial charge is 0.484 e. The van der Waals surface area contributed by atoms with Gasteiger partial charge in [0.05, 0.1) is 6.04 Å². The number of ether oxygens (including phenoxy) is 1. The first-order chi connectivity index (χ1) is 10.0. The second-order valence-electron chi connectivity index (χ2n) is 6.18. The summed E-state index contributed by atoms with van der Waals surface area (Å²) in [7, 11) is 2.13. The smallest absolute Gasteiger partial charge is 0.224 e. The van der Waals surface area contributed by atoms with Crippen molar-refractivity contribution in [1.29, 1.82) is 0 Å². The fourth-order valence-electron chi connectivity index (χ4n) is 2.67. The normalized spacial score (nSPS) is 22.7. The number of likely N-dealkylation sites (N-methyl/N-ethyl adjacent to an activating group) is 1. The van der Waals surface area contributed by atoms with Crippen LogP contribution in [0.3, 0.4) is 0 Å². The van der Waals surface area contributed by atoms with Crippen molar-refractivity contribution in [2.75, 3.05) is 55.8 Å². The van der Waals surface area contributed by atoms with E-state index in [4.69, 9.17) is 10.5 Å². The third-order valence-corrected chi connectivity index (χ3v) is 4.20. The number of rotatable bonds is 2. The maximum atomic E-state index is 5.97. The summed E-state index contributed by atoms with van der Waals surface area (Å²) in [5.74, 6) is 3.05. The van der Waals surface area contributed by atoms with Gasteiger partial charge in [-0.05, 0) is 13.0 Å². The molecule has 7 heteroatoms. The van der Waals surface area contributed by atoms with Crippen molar-refractivity contribution in [3.05, 3.63) is 0 Å². The number of hydrogen-bond acceptors (Lipinski definition) is 7. The van der Waals surface area contributed by atoms with Gasteiger partial charge in [-0.1, -0.05) is 13.8 Å². The molecule has 0 aliphatic carbocycles. The van der Waals surface area contributed by atoms with Crippen molar-refractivity contribution in [2.24, 2.45) is 5.92 Å². The minimum atomic E-state index is 0.257. The molecule has 0 unspecified atom stereocenters. The first kappa shape index (κ1) is 14.2. The van der Waals surface area contributed by atoms with Gasteiger partial charge in [-0.3, -0.25) is 0 Å². The fourth-order valence-corrected chi connectivity index (χ4v) is 2.67. The molecule has 2 aliphatic rings. The summed E-state index contributed by atoms with van der Waals surface area (Å²) in [5.41, 5.74) is 5.88.